The van der Waals surface area contributed by atoms with Gasteiger partial charge in [0.05, 0.1) is 23.7 Å². The molecule has 0 spiro atoms. The zero-order valence-corrected chi connectivity index (χ0v) is 27.1. The number of amides is 3. The van der Waals surface area contributed by atoms with E-state index in [1.165, 1.54) is 11.2 Å². The van der Waals surface area contributed by atoms with Gasteiger partial charge in [-0.2, -0.15) is 0 Å². The van der Waals surface area contributed by atoms with Crippen LogP contribution in [-0.2, 0) is 31.6 Å². The fourth-order valence-corrected chi connectivity index (χ4v) is 5.97. The number of hydrogen-bond donors (Lipinski definition) is 2. The lowest BCUT2D eigenvalue weighted by atomic mass is 10.2. The molecule has 3 heterocycles. The van der Waals surface area contributed by atoms with Crippen molar-refractivity contribution in [2.45, 2.75) is 63.7 Å². The van der Waals surface area contributed by atoms with Gasteiger partial charge in [0.15, 0.2) is 15.7 Å². The Bertz CT molecular complexity index is 1630. The number of nitrogens with one attached hydrogen (secondary N) is 2. The average molecular weight is 637 g/mol. The van der Waals surface area contributed by atoms with Gasteiger partial charge in [-0.1, -0.05) is 12.1 Å². The second kappa shape index (κ2) is 13.0. The fourth-order valence-electron chi connectivity index (χ4n) is 5.29. The zero-order valence-electron chi connectivity index (χ0n) is 26.2. The molecule has 0 radical (unpaired) electrons. The van der Waals surface area contributed by atoms with Crippen molar-refractivity contribution in [3.8, 4) is 11.4 Å². The Balaban J connectivity index is 1.22. The number of carbonyl (C=O) groups excluding carboxylic acids is 2. The summed E-state index contributed by atoms with van der Waals surface area (Å²) in [6.45, 7) is 7.23. The number of ether oxygens (including phenoxy) is 2. The van der Waals surface area contributed by atoms with Crippen molar-refractivity contribution < 1.29 is 27.5 Å². The van der Waals surface area contributed by atoms with Crippen LogP contribution in [0.2, 0.25) is 0 Å². The second-order valence-corrected chi connectivity index (χ2v) is 14.8. The summed E-state index contributed by atoms with van der Waals surface area (Å²) >= 11 is 0. The molecular formula is C32H40N6O6S. The highest BCUT2D eigenvalue weighted by molar-refractivity contribution is 7.89. The molecule has 2 atom stereocenters. The van der Waals surface area contributed by atoms with Crippen LogP contribution in [0.3, 0.4) is 0 Å². The molecule has 2 aliphatic heterocycles. The second-order valence-electron chi connectivity index (χ2n) is 12.7. The number of benzene rings is 2. The van der Waals surface area contributed by atoms with E-state index in [-0.39, 0.29) is 18.0 Å². The molecule has 2 saturated heterocycles. The van der Waals surface area contributed by atoms with Crippen molar-refractivity contribution in [3.05, 3.63) is 65.9 Å². The maximum absolute atomic E-state index is 12.7. The molecule has 2 bridgehead atoms. The summed E-state index contributed by atoms with van der Waals surface area (Å²) in [5, 5.41) is 5.62. The van der Waals surface area contributed by atoms with Gasteiger partial charge in [-0.25, -0.2) is 28.0 Å². The van der Waals surface area contributed by atoms with Gasteiger partial charge in [-0.05, 0) is 75.6 Å². The normalized spacial score (nSPS) is 17.9. The molecule has 240 valence electrons. The smallest absolute Gasteiger partial charge is 0.410 e. The molecular weight excluding hydrogens is 596 g/mol. The van der Waals surface area contributed by atoms with Crippen LogP contribution in [0.15, 0.2) is 54.6 Å². The summed E-state index contributed by atoms with van der Waals surface area (Å²) in [6.07, 6.45) is 3.11. The van der Waals surface area contributed by atoms with E-state index in [4.69, 9.17) is 14.5 Å². The van der Waals surface area contributed by atoms with Gasteiger partial charge < -0.3 is 29.9 Å². The van der Waals surface area contributed by atoms with E-state index in [1.807, 2.05) is 32.9 Å². The summed E-state index contributed by atoms with van der Waals surface area (Å²) < 4.78 is 35.5. The number of urea groups is 1. The van der Waals surface area contributed by atoms with Crippen molar-refractivity contribution in [2.75, 3.05) is 41.9 Å². The highest BCUT2D eigenvalue weighted by Crippen LogP contribution is 2.30. The predicted octanol–water partition coefficient (Wildman–Crippen LogP) is 5.07. The predicted molar refractivity (Wildman–Crippen MR) is 173 cm³/mol. The molecule has 5 rings (SSSR count). The number of carbonyl (C=O) groups is 2. The van der Waals surface area contributed by atoms with Crippen molar-refractivity contribution >= 4 is 39.2 Å². The third kappa shape index (κ3) is 9.14. The molecule has 45 heavy (non-hydrogen) atoms. The Labute approximate surface area is 264 Å². The van der Waals surface area contributed by atoms with Gasteiger partial charge in [-0.3, -0.25) is 0 Å². The number of morpholine rings is 1. The minimum absolute atomic E-state index is 0.154. The van der Waals surface area contributed by atoms with E-state index >= 15 is 0 Å². The first kappa shape index (κ1) is 32.2. The van der Waals surface area contributed by atoms with Crippen LogP contribution < -0.4 is 15.5 Å². The summed E-state index contributed by atoms with van der Waals surface area (Å²) in [6, 6.07) is 15.6. The molecule has 0 aliphatic carbocycles. The largest absolute Gasteiger partial charge is 0.444 e. The van der Waals surface area contributed by atoms with Gasteiger partial charge in [0.2, 0.25) is 0 Å². The number of sulfone groups is 1. The Morgan fingerprint density at radius 2 is 1.56 bits per heavy atom. The van der Waals surface area contributed by atoms with Crippen LogP contribution in [-0.4, -0.2) is 79.6 Å². The molecule has 2 aliphatic rings. The molecule has 12 nitrogen and oxygen atoms in total. The quantitative estimate of drug-likeness (QED) is 0.347. The van der Waals surface area contributed by atoms with E-state index in [0.717, 1.165) is 18.4 Å². The van der Waals surface area contributed by atoms with Gasteiger partial charge >= 0.3 is 12.1 Å². The number of rotatable bonds is 8. The first-order valence-electron chi connectivity index (χ1n) is 14.9. The van der Waals surface area contributed by atoms with Gasteiger partial charge in [0, 0.05) is 55.9 Å². The van der Waals surface area contributed by atoms with Crippen LogP contribution in [0.5, 0.6) is 0 Å². The van der Waals surface area contributed by atoms with Crippen molar-refractivity contribution in [2.24, 2.45) is 0 Å². The van der Waals surface area contributed by atoms with E-state index in [1.54, 1.807) is 49.5 Å². The maximum atomic E-state index is 12.7. The fraction of sp³-hybridized carbons (Fsp3) is 0.438. The summed E-state index contributed by atoms with van der Waals surface area (Å²) in [5.41, 5.74) is 2.59. The number of aromatic nitrogens is 2. The SMILES string of the molecule is CN(Cc1ccc(NC(=O)Nc2ccc(-c3nc(CS(C)(=O)=O)cc(N4CC5CCC(C4)O5)n3)cc2)cc1)C(=O)OC(C)(C)C. The highest BCUT2D eigenvalue weighted by atomic mass is 32.2. The first-order valence-corrected chi connectivity index (χ1v) is 16.9. The molecule has 2 fully saturated rings. The van der Waals surface area contributed by atoms with Gasteiger partial charge in [0.25, 0.3) is 0 Å². The monoisotopic (exact) mass is 636 g/mol. The van der Waals surface area contributed by atoms with E-state index in [2.05, 4.69) is 20.5 Å². The third-order valence-corrected chi connectivity index (χ3v) is 8.10. The standard InChI is InChI=1S/C32H40N6O6S/c1-32(2,3)44-31(40)37(4)17-21-6-10-23(11-7-21)34-30(39)35-24-12-8-22(9-13-24)29-33-25(20-45(5,41)42)16-28(36-29)38-18-26-14-15-27(19-38)43-26/h6-13,16,26-27H,14-15,17-20H2,1-5H3,(H2,34,35,39). The Hall–Kier alpha value is -4.23. The molecule has 13 heteroatoms. The third-order valence-electron chi connectivity index (χ3n) is 7.28. The maximum Gasteiger partial charge on any atom is 0.410 e. The minimum Gasteiger partial charge on any atom is -0.444 e. The topological polar surface area (TPSA) is 143 Å². The number of anilines is 3. The van der Waals surface area contributed by atoms with Crippen molar-refractivity contribution in [3.63, 3.8) is 0 Å². The van der Waals surface area contributed by atoms with Crippen molar-refractivity contribution in [1.29, 1.82) is 0 Å². The molecule has 3 amide bonds. The van der Waals surface area contributed by atoms with E-state index < -0.39 is 27.6 Å². The van der Waals surface area contributed by atoms with E-state index in [9.17, 15) is 18.0 Å². The number of hydrogen-bond acceptors (Lipinski definition) is 9. The van der Waals surface area contributed by atoms with Crippen molar-refractivity contribution in [1.82, 2.24) is 14.9 Å². The average Bonchev–Trinajstić information content (AvgIpc) is 3.29. The molecule has 2 N–H and O–H groups in total. The molecule has 2 aromatic carbocycles. The Morgan fingerprint density at radius 1 is 0.978 bits per heavy atom. The van der Waals surface area contributed by atoms with Crippen LogP contribution in [0.1, 0.15) is 44.9 Å². The van der Waals surface area contributed by atoms with Crippen LogP contribution in [0, 0.1) is 0 Å². The lowest BCUT2D eigenvalue weighted by Gasteiger charge is -2.33. The summed E-state index contributed by atoms with van der Waals surface area (Å²) in [4.78, 5) is 37.9. The lowest BCUT2D eigenvalue weighted by Crippen LogP contribution is -2.43. The Morgan fingerprint density at radius 3 is 2.11 bits per heavy atom. The summed E-state index contributed by atoms with van der Waals surface area (Å²) in [7, 11) is -1.63. The molecule has 3 aromatic rings. The van der Waals surface area contributed by atoms with Gasteiger partial charge in [0.1, 0.15) is 11.4 Å². The number of nitrogens with zero attached hydrogens (tertiary/aromatic N) is 4. The molecule has 2 unspecified atom stereocenters. The lowest BCUT2D eigenvalue weighted by molar-refractivity contribution is 0.0284. The summed E-state index contributed by atoms with van der Waals surface area (Å²) in [5.74, 6) is 0.912. The molecule has 0 saturated carbocycles. The molecule has 1 aromatic heterocycles. The zero-order chi connectivity index (χ0) is 32.4. The minimum atomic E-state index is -3.31. The van der Waals surface area contributed by atoms with E-state index in [0.29, 0.717) is 53.9 Å². The van der Waals surface area contributed by atoms with Crippen LogP contribution in [0.4, 0.5) is 26.8 Å². The van der Waals surface area contributed by atoms with Gasteiger partial charge in [-0.15, -0.1) is 0 Å². The Kier molecular flexibility index (Phi) is 9.31. The van der Waals surface area contributed by atoms with Crippen LogP contribution >= 0.6 is 0 Å². The first-order chi connectivity index (χ1) is 21.2. The number of fused-ring (bicyclic) bond motifs is 2. The highest BCUT2D eigenvalue weighted by Gasteiger charge is 2.34. The van der Waals surface area contributed by atoms with Crippen LogP contribution in [0.25, 0.3) is 11.4 Å².